The van der Waals surface area contributed by atoms with Gasteiger partial charge in [-0.25, -0.2) is 0 Å². The van der Waals surface area contributed by atoms with E-state index in [0.29, 0.717) is 0 Å². The van der Waals surface area contributed by atoms with Crippen LogP contribution in [0.25, 0.3) is 10.8 Å². The van der Waals surface area contributed by atoms with E-state index in [1.165, 1.54) is 27.5 Å². The van der Waals surface area contributed by atoms with Crippen LogP contribution in [0.15, 0.2) is 60.7 Å². The molecule has 3 aromatic carbocycles. The zero-order valence-electron chi connectivity index (χ0n) is 16.7. The van der Waals surface area contributed by atoms with Crippen LogP contribution < -0.4 is 5.32 Å². The van der Waals surface area contributed by atoms with Crippen LogP contribution in [-0.4, -0.2) is 23.9 Å². The molecule has 0 saturated carbocycles. The topological polar surface area (TPSA) is 32.3 Å². The molecule has 0 aliphatic carbocycles. The van der Waals surface area contributed by atoms with Gasteiger partial charge in [-0.2, -0.15) is 0 Å². The molecule has 1 fully saturated rings. The number of aryl methyl sites for hydroxylation is 2. The van der Waals surface area contributed by atoms with Gasteiger partial charge in [0.05, 0.1) is 0 Å². The molecule has 0 radical (unpaired) electrons. The monoisotopic (exact) mass is 372 g/mol. The molecule has 0 unspecified atom stereocenters. The summed E-state index contributed by atoms with van der Waals surface area (Å²) in [6.45, 7) is 7.05. The van der Waals surface area contributed by atoms with Crippen molar-refractivity contribution < 1.29 is 4.79 Å². The number of fused-ring (bicyclic) bond motifs is 1. The first-order valence-corrected chi connectivity index (χ1v) is 10.2. The zero-order valence-corrected chi connectivity index (χ0v) is 16.7. The van der Waals surface area contributed by atoms with Gasteiger partial charge in [-0.05, 0) is 79.4 Å². The van der Waals surface area contributed by atoms with Crippen molar-refractivity contribution in [1.29, 1.82) is 0 Å². The molecule has 1 aliphatic rings. The first-order chi connectivity index (χ1) is 13.6. The summed E-state index contributed by atoms with van der Waals surface area (Å²) < 4.78 is 0. The first kappa shape index (κ1) is 18.7. The second-order valence-corrected chi connectivity index (χ2v) is 7.98. The van der Waals surface area contributed by atoms with Gasteiger partial charge in [0, 0.05) is 18.2 Å². The van der Waals surface area contributed by atoms with Crippen LogP contribution >= 0.6 is 0 Å². The molecule has 28 heavy (non-hydrogen) atoms. The summed E-state index contributed by atoms with van der Waals surface area (Å²) in [7, 11) is 0. The van der Waals surface area contributed by atoms with E-state index in [2.05, 4.69) is 78.7 Å². The van der Waals surface area contributed by atoms with Gasteiger partial charge < -0.3 is 5.32 Å². The molecule has 1 heterocycles. The van der Waals surface area contributed by atoms with Gasteiger partial charge in [-0.1, -0.05) is 48.5 Å². The number of carbonyl (C=O) groups is 1. The van der Waals surface area contributed by atoms with Crippen LogP contribution in [0.2, 0.25) is 0 Å². The Hall–Kier alpha value is -2.65. The fourth-order valence-corrected chi connectivity index (χ4v) is 4.09. The molecule has 0 bridgehead atoms. The lowest BCUT2D eigenvalue weighted by Gasteiger charge is -2.31. The fraction of sp³-hybridized carbons (Fsp3) is 0.320. The van der Waals surface area contributed by atoms with Gasteiger partial charge in [0.2, 0.25) is 5.91 Å². The molecule has 144 valence electrons. The van der Waals surface area contributed by atoms with Crippen molar-refractivity contribution in [2.45, 2.75) is 33.2 Å². The fourth-order valence-electron chi connectivity index (χ4n) is 4.09. The van der Waals surface area contributed by atoms with E-state index in [1.807, 2.05) is 6.07 Å². The number of rotatable bonds is 4. The average molecular weight is 373 g/mol. The van der Waals surface area contributed by atoms with E-state index < -0.39 is 0 Å². The number of nitrogens with one attached hydrogen (secondary N) is 1. The van der Waals surface area contributed by atoms with Crippen molar-refractivity contribution in [2.24, 2.45) is 5.92 Å². The van der Waals surface area contributed by atoms with Gasteiger partial charge in [0.15, 0.2) is 0 Å². The molecule has 1 aliphatic heterocycles. The Morgan fingerprint density at radius 1 is 0.964 bits per heavy atom. The molecular formula is C25H28N2O. The number of nitrogens with zero attached hydrogens (tertiary/aromatic N) is 1. The third-order valence-corrected chi connectivity index (χ3v) is 6.01. The minimum absolute atomic E-state index is 0.102. The Bertz CT molecular complexity index is 982. The molecule has 3 aromatic rings. The number of anilines is 1. The highest BCUT2D eigenvalue weighted by Gasteiger charge is 2.25. The molecule has 0 atom stereocenters. The second kappa shape index (κ2) is 8.15. The van der Waals surface area contributed by atoms with Gasteiger partial charge in [-0.3, -0.25) is 9.69 Å². The lowest BCUT2D eigenvalue weighted by atomic mass is 9.95. The molecule has 3 nitrogen and oxygen atoms in total. The Morgan fingerprint density at radius 2 is 1.71 bits per heavy atom. The summed E-state index contributed by atoms with van der Waals surface area (Å²) in [6.07, 6.45) is 1.84. The highest BCUT2D eigenvalue weighted by molar-refractivity contribution is 5.92. The summed E-state index contributed by atoms with van der Waals surface area (Å²) in [6, 6.07) is 21.2. The number of benzene rings is 3. The SMILES string of the molecule is Cc1ccc(NC(=O)C2CCN(Cc3cccc4ccccc34)CC2)cc1C. The minimum Gasteiger partial charge on any atom is -0.326 e. The Kier molecular flexibility index (Phi) is 5.45. The maximum atomic E-state index is 12.7. The van der Waals surface area contributed by atoms with Crippen molar-refractivity contribution >= 4 is 22.4 Å². The van der Waals surface area contributed by atoms with Gasteiger partial charge in [-0.15, -0.1) is 0 Å². The van der Waals surface area contributed by atoms with Crippen LogP contribution in [-0.2, 0) is 11.3 Å². The summed E-state index contributed by atoms with van der Waals surface area (Å²) >= 11 is 0. The van der Waals surface area contributed by atoms with Crippen molar-refractivity contribution in [2.75, 3.05) is 18.4 Å². The number of piperidine rings is 1. The second-order valence-electron chi connectivity index (χ2n) is 7.98. The molecular weight excluding hydrogens is 344 g/mol. The highest BCUT2D eigenvalue weighted by Crippen LogP contribution is 2.24. The molecule has 1 amide bonds. The number of hydrogen-bond acceptors (Lipinski definition) is 2. The maximum Gasteiger partial charge on any atom is 0.227 e. The largest absolute Gasteiger partial charge is 0.326 e. The van der Waals surface area contributed by atoms with E-state index in [0.717, 1.165) is 38.2 Å². The number of likely N-dealkylation sites (tertiary alicyclic amines) is 1. The van der Waals surface area contributed by atoms with Crippen LogP contribution in [0.1, 0.15) is 29.5 Å². The van der Waals surface area contributed by atoms with Crippen LogP contribution in [0.4, 0.5) is 5.69 Å². The quantitative estimate of drug-likeness (QED) is 0.673. The smallest absolute Gasteiger partial charge is 0.227 e. The molecule has 0 aromatic heterocycles. The normalized spacial score (nSPS) is 15.6. The third-order valence-electron chi connectivity index (χ3n) is 6.01. The van der Waals surface area contributed by atoms with Gasteiger partial charge >= 0.3 is 0 Å². The molecule has 4 rings (SSSR count). The van der Waals surface area contributed by atoms with E-state index in [4.69, 9.17) is 0 Å². The van der Waals surface area contributed by atoms with Gasteiger partial charge in [0.25, 0.3) is 0 Å². The Morgan fingerprint density at radius 3 is 2.50 bits per heavy atom. The summed E-state index contributed by atoms with van der Waals surface area (Å²) in [5.41, 5.74) is 4.74. The highest BCUT2D eigenvalue weighted by atomic mass is 16.1. The summed E-state index contributed by atoms with van der Waals surface area (Å²) in [4.78, 5) is 15.1. The predicted octanol–water partition coefficient (Wildman–Crippen LogP) is 5.31. The van der Waals surface area contributed by atoms with Crippen molar-refractivity contribution in [3.8, 4) is 0 Å². The van der Waals surface area contributed by atoms with Crippen LogP contribution in [0.5, 0.6) is 0 Å². The van der Waals surface area contributed by atoms with E-state index >= 15 is 0 Å². The van der Waals surface area contributed by atoms with E-state index in [9.17, 15) is 4.79 Å². The summed E-state index contributed by atoms with van der Waals surface area (Å²) in [5, 5.41) is 5.74. The van der Waals surface area contributed by atoms with Crippen molar-refractivity contribution in [1.82, 2.24) is 4.90 Å². The minimum atomic E-state index is 0.102. The van der Waals surface area contributed by atoms with Gasteiger partial charge in [0.1, 0.15) is 0 Å². The lowest BCUT2D eigenvalue weighted by molar-refractivity contribution is -0.121. The summed E-state index contributed by atoms with van der Waals surface area (Å²) in [5.74, 6) is 0.262. The predicted molar refractivity (Wildman–Crippen MR) is 116 cm³/mol. The lowest BCUT2D eigenvalue weighted by Crippen LogP contribution is -2.37. The van der Waals surface area contributed by atoms with E-state index in [-0.39, 0.29) is 11.8 Å². The van der Waals surface area contributed by atoms with Crippen molar-refractivity contribution in [3.05, 3.63) is 77.4 Å². The number of amides is 1. The number of carbonyl (C=O) groups excluding carboxylic acids is 1. The van der Waals surface area contributed by atoms with Crippen LogP contribution in [0.3, 0.4) is 0 Å². The van der Waals surface area contributed by atoms with Crippen molar-refractivity contribution in [3.63, 3.8) is 0 Å². The first-order valence-electron chi connectivity index (χ1n) is 10.2. The molecule has 1 N–H and O–H groups in total. The zero-order chi connectivity index (χ0) is 19.5. The third kappa shape index (κ3) is 4.10. The molecule has 1 saturated heterocycles. The standard InChI is InChI=1S/C25H28N2O/c1-18-10-11-23(16-19(18)2)26-25(28)21-12-14-27(15-13-21)17-22-8-5-7-20-6-3-4-9-24(20)22/h3-11,16,21H,12-15,17H2,1-2H3,(H,26,28). The molecule has 3 heteroatoms. The Balaban J connectivity index is 1.35. The molecule has 0 spiro atoms. The van der Waals surface area contributed by atoms with E-state index in [1.54, 1.807) is 0 Å². The Labute approximate surface area is 167 Å². The average Bonchev–Trinajstić information content (AvgIpc) is 2.71. The van der Waals surface area contributed by atoms with Crippen LogP contribution in [0, 0.1) is 19.8 Å². The maximum absolute atomic E-state index is 12.7. The number of hydrogen-bond donors (Lipinski definition) is 1.